The molecule has 0 saturated carbocycles. The highest BCUT2D eigenvalue weighted by molar-refractivity contribution is 9.10. The lowest BCUT2D eigenvalue weighted by Crippen LogP contribution is -1.80. The quantitative estimate of drug-likeness (QED) is 0.693. The van der Waals surface area contributed by atoms with Crippen molar-refractivity contribution in [1.29, 1.82) is 0 Å². The van der Waals surface area contributed by atoms with Gasteiger partial charge in [-0.1, -0.05) is 28.9 Å². The van der Waals surface area contributed by atoms with E-state index >= 15 is 0 Å². The van der Waals surface area contributed by atoms with Crippen molar-refractivity contribution in [3.05, 3.63) is 33.9 Å². The molecule has 0 aliphatic carbocycles. The van der Waals surface area contributed by atoms with Crippen molar-refractivity contribution in [2.24, 2.45) is 0 Å². The van der Waals surface area contributed by atoms with Crippen LogP contribution < -0.4 is 0 Å². The fourth-order valence-electron chi connectivity index (χ4n) is 1.91. The summed E-state index contributed by atoms with van der Waals surface area (Å²) in [5.41, 5.74) is 2.05. The molecule has 3 aromatic rings. The second kappa shape index (κ2) is 4.35. The van der Waals surface area contributed by atoms with Crippen LogP contribution >= 0.6 is 27.3 Å². The van der Waals surface area contributed by atoms with Crippen LogP contribution in [0.25, 0.3) is 21.1 Å². The van der Waals surface area contributed by atoms with E-state index in [4.69, 9.17) is 0 Å². The second-order valence-corrected chi connectivity index (χ2v) is 5.99. The Morgan fingerprint density at radius 3 is 3.00 bits per heavy atom. The number of fused-ring (bicyclic) bond motifs is 3. The Hall–Kier alpha value is -1.00. The van der Waals surface area contributed by atoms with Crippen LogP contribution in [0.3, 0.4) is 0 Å². The number of benzene rings is 1. The summed E-state index contributed by atoms with van der Waals surface area (Å²) < 4.78 is 2.32. The van der Waals surface area contributed by atoms with E-state index in [-0.39, 0.29) is 0 Å². The van der Waals surface area contributed by atoms with Gasteiger partial charge < -0.3 is 0 Å². The van der Waals surface area contributed by atoms with E-state index in [1.165, 1.54) is 15.1 Å². The zero-order valence-corrected chi connectivity index (χ0v) is 11.8. The fraction of sp³-hybridized carbons (Fsp3) is 0.231. The van der Waals surface area contributed by atoms with Gasteiger partial charge in [-0.2, -0.15) is 0 Å². The Morgan fingerprint density at radius 2 is 2.18 bits per heavy atom. The highest BCUT2D eigenvalue weighted by Gasteiger charge is 2.08. The molecule has 0 N–H and O–H groups in total. The maximum Gasteiger partial charge on any atom is 0.100 e. The molecular weight excluding hydrogens is 296 g/mol. The molecular formula is C13H11BrN2S. The number of aryl methyl sites for hydroxylation is 1. The van der Waals surface area contributed by atoms with Gasteiger partial charge in [-0.15, -0.1) is 11.3 Å². The minimum absolute atomic E-state index is 1.02. The number of rotatable bonds is 2. The highest BCUT2D eigenvalue weighted by atomic mass is 79.9. The predicted octanol–water partition coefficient (Wildman–Crippen LogP) is 4.56. The van der Waals surface area contributed by atoms with Crippen molar-refractivity contribution < 1.29 is 0 Å². The molecule has 0 spiro atoms. The summed E-state index contributed by atoms with van der Waals surface area (Å²) >= 11 is 5.27. The minimum atomic E-state index is 1.02. The van der Waals surface area contributed by atoms with Crippen molar-refractivity contribution in [3.63, 3.8) is 0 Å². The van der Waals surface area contributed by atoms with E-state index in [9.17, 15) is 0 Å². The zero-order valence-electron chi connectivity index (χ0n) is 9.40. The summed E-state index contributed by atoms with van der Waals surface area (Å²) in [4.78, 5) is 9.08. The van der Waals surface area contributed by atoms with Gasteiger partial charge in [0.2, 0.25) is 0 Å². The molecule has 17 heavy (non-hydrogen) atoms. The largest absolute Gasteiger partial charge is 0.254 e. The van der Waals surface area contributed by atoms with Gasteiger partial charge in [0, 0.05) is 9.86 Å². The SMILES string of the molecule is CCCc1nc2cnc3cc(Br)ccc3c2s1. The molecule has 0 atom stereocenters. The highest BCUT2D eigenvalue weighted by Crippen LogP contribution is 2.30. The average molecular weight is 307 g/mol. The molecule has 0 fully saturated rings. The van der Waals surface area contributed by atoms with Crippen LogP contribution in [0.4, 0.5) is 0 Å². The first-order valence-electron chi connectivity index (χ1n) is 5.61. The Balaban J connectivity index is 2.31. The molecule has 1 aromatic carbocycles. The second-order valence-electron chi connectivity index (χ2n) is 3.99. The molecule has 0 radical (unpaired) electrons. The summed E-state index contributed by atoms with van der Waals surface area (Å²) in [5.74, 6) is 0. The van der Waals surface area contributed by atoms with Crippen molar-refractivity contribution in [2.45, 2.75) is 19.8 Å². The summed E-state index contributed by atoms with van der Waals surface area (Å²) in [6.07, 6.45) is 4.06. The van der Waals surface area contributed by atoms with Crippen LogP contribution in [0.1, 0.15) is 18.4 Å². The first-order valence-corrected chi connectivity index (χ1v) is 7.22. The van der Waals surface area contributed by atoms with Crippen molar-refractivity contribution in [3.8, 4) is 0 Å². The lowest BCUT2D eigenvalue weighted by atomic mass is 10.2. The van der Waals surface area contributed by atoms with Gasteiger partial charge in [-0.3, -0.25) is 4.98 Å². The van der Waals surface area contributed by atoms with E-state index in [1.54, 1.807) is 11.3 Å². The van der Waals surface area contributed by atoms with Crippen LogP contribution in [-0.4, -0.2) is 9.97 Å². The van der Waals surface area contributed by atoms with Gasteiger partial charge in [-0.25, -0.2) is 4.98 Å². The fourth-order valence-corrected chi connectivity index (χ4v) is 3.43. The normalized spacial score (nSPS) is 11.4. The van der Waals surface area contributed by atoms with Gasteiger partial charge in [0.1, 0.15) is 5.52 Å². The maximum atomic E-state index is 4.62. The summed E-state index contributed by atoms with van der Waals surface area (Å²) in [6.45, 7) is 2.18. The minimum Gasteiger partial charge on any atom is -0.254 e. The predicted molar refractivity (Wildman–Crippen MR) is 76.6 cm³/mol. The van der Waals surface area contributed by atoms with Gasteiger partial charge >= 0.3 is 0 Å². The van der Waals surface area contributed by atoms with E-state index in [0.717, 1.165) is 28.3 Å². The molecule has 4 heteroatoms. The van der Waals surface area contributed by atoms with E-state index in [1.807, 2.05) is 12.3 Å². The number of hydrogen-bond donors (Lipinski definition) is 0. The standard InChI is InChI=1S/C13H11BrN2S/c1-2-3-12-16-11-7-15-10-6-8(14)4-5-9(10)13(11)17-12/h4-7H,2-3H2,1H3. The lowest BCUT2D eigenvalue weighted by molar-refractivity contribution is 0.912. The van der Waals surface area contributed by atoms with Gasteiger partial charge in [-0.05, 0) is 25.0 Å². The number of nitrogens with zero attached hydrogens (tertiary/aromatic N) is 2. The average Bonchev–Trinajstić information content (AvgIpc) is 2.72. The zero-order chi connectivity index (χ0) is 11.8. The molecule has 0 bridgehead atoms. The molecule has 2 aromatic heterocycles. The van der Waals surface area contributed by atoms with Gasteiger partial charge in [0.05, 0.1) is 21.4 Å². The third-order valence-electron chi connectivity index (χ3n) is 2.69. The molecule has 0 aliphatic rings. The topological polar surface area (TPSA) is 25.8 Å². The third kappa shape index (κ3) is 1.96. The van der Waals surface area contributed by atoms with Crippen LogP contribution in [0, 0.1) is 0 Å². The van der Waals surface area contributed by atoms with E-state index < -0.39 is 0 Å². The molecule has 0 saturated heterocycles. The summed E-state index contributed by atoms with van der Waals surface area (Å²) in [7, 11) is 0. The number of thiazole rings is 1. The summed E-state index contributed by atoms with van der Waals surface area (Å²) in [5, 5.41) is 2.41. The molecule has 0 aliphatic heterocycles. The van der Waals surface area contributed by atoms with Crippen LogP contribution in [0.5, 0.6) is 0 Å². The monoisotopic (exact) mass is 306 g/mol. The van der Waals surface area contributed by atoms with Crippen molar-refractivity contribution in [2.75, 3.05) is 0 Å². The first-order chi connectivity index (χ1) is 8.28. The molecule has 0 unspecified atom stereocenters. The van der Waals surface area contributed by atoms with Crippen LogP contribution in [0.2, 0.25) is 0 Å². The number of pyridine rings is 1. The lowest BCUT2D eigenvalue weighted by Gasteiger charge is -1.97. The van der Waals surface area contributed by atoms with Crippen LogP contribution in [-0.2, 0) is 6.42 Å². The van der Waals surface area contributed by atoms with Gasteiger partial charge in [0.25, 0.3) is 0 Å². The molecule has 0 amide bonds. The molecule has 2 heterocycles. The van der Waals surface area contributed by atoms with Gasteiger partial charge in [0.15, 0.2) is 0 Å². The molecule has 3 rings (SSSR count). The molecule has 86 valence electrons. The first kappa shape index (κ1) is 11.1. The Kier molecular flexibility index (Phi) is 2.84. The van der Waals surface area contributed by atoms with Crippen molar-refractivity contribution >= 4 is 48.4 Å². The van der Waals surface area contributed by atoms with E-state index in [2.05, 4.69) is 45.0 Å². The Labute approximate surface area is 112 Å². The number of aromatic nitrogens is 2. The third-order valence-corrected chi connectivity index (χ3v) is 4.35. The summed E-state index contributed by atoms with van der Waals surface area (Å²) in [6, 6.07) is 6.22. The van der Waals surface area contributed by atoms with Crippen LogP contribution in [0.15, 0.2) is 28.9 Å². The smallest absolute Gasteiger partial charge is 0.100 e. The van der Waals surface area contributed by atoms with Crippen molar-refractivity contribution in [1.82, 2.24) is 9.97 Å². The molecule has 2 nitrogen and oxygen atoms in total. The number of halogens is 1. The Bertz CT molecular complexity index is 690. The Morgan fingerprint density at radius 1 is 1.29 bits per heavy atom. The maximum absolute atomic E-state index is 4.62. The number of hydrogen-bond acceptors (Lipinski definition) is 3. The van der Waals surface area contributed by atoms with E-state index in [0.29, 0.717) is 0 Å².